The Kier molecular flexibility index (Phi) is 2.82. The zero-order valence-electron chi connectivity index (χ0n) is 7.80. The summed E-state index contributed by atoms with van der Waals surface area (Å²) < 4.78 is 18.1. The van der Waals surface area contributed by atoms with Crippen molar-refractivity contribution in [1.82, 2.24) is 0 Å². The van der Waals surface area contributed by atoms with Gasteiger partial charge in [-0.05, 0) is 19.1 Å². The van der Waals surface area contributed by atoms with Gasteiger partial charge in [-0.2, -0.15) is 5.26 Å². The summed E-state index contributed by atoms with van der Waals surface area (Å²) in [7, 11) is 1.30. The Morgan fingerprint density at radius 1 is 1.57 bits per heavy atom. The fourth-order valence-electron chi connectivity index (χ4n) is 1.12. The first kappa shape index (κ1) is 10.2. The van der Waals surface area contributed by atoms with Crippen LogP contribution in [0.15, 0.2) is 12.1 Å². The highest BCUT2D eigenvalue weighted by Gasteiger charge is 2.15. The van der Waals surface area contributed by atoms with Crippen molar-refractivity contribution in [3.8, 4) is 11.8 Å². The number of carbonyl (C=O) groups is 1. The largest absolute Gasteiger partial charge is 0.494 e. The molecular weight excluding hydrogens is 185 g/mol. The van der Waals surface area contributed by atoms with Crippen LogP contribution in [0, 0.1) is 17.1 Å². The van der Waals surface area contributed by atoms with E-state index < -0.39 is 5.82 Å². The molecule has 0 heterocycles. The van der Waals surface area contributed by atoms with E-state index in [0.29, 0.717) is 0 Å². The molecule has 0 saturated heterocycles. The number of ether oxygens (including phenoxy) is 1. The molecule has 0 amide bonds. The molecular formula is C10H8FNO2. The van der Waals surface area contributed by atoms with Crippen LogP contribution in [0.25, 0.3) is 0 Å². The van der Waals surface area contributed by atoms with E-state index in [-0.39, 0.29) is 22.7 Å². The predicted molar refractivity (Wildman–Crippen MR) is 47.7 cm³/mol. The molecule has 0 spiro atoms. The van der Waals surface area contributed by atoms with E-state index in [4.69, 9.17) is 5.26 Å². The molecule has 1 aromatic rings. The maximum absolute atomic E-state index is 13.4. The van der Waals surface area contributed by atoms with E-state index in [1.807, 2.05) is 0 Å². The number of hydrogen-bond acceptors (Lipinski definition) is 3. The average molecular weight is 193 g/mol. The van der Waals surface area contributed by atoms with Crippen molar-refractivity contribution in [2.75, 3.05) is 7.11 Å². The van der Waals surface area contributed by atoms with Gasteiger partial charge in [0, 0.05) is 5.56 Å². The number of ketones is 1. The highest BCUT2D eigenvalue weighted by molar-refractivity contribution is 5.96. The fourth-order valence-corrected chi connectivity index (χ4v) is 1.12. The zero-order valence-corrected chi connectivity index (χ0v) is 7.80. The van der Waals surface area contributed by atoms with Gasteiger partial charge in [-0.15, -0.1) is 0 Å². The Morgan fingerprint density at radius 2 is 2.21 bits per heavy atom. The standard InChI is InChI=1S/C10H8FNO2/c1-6(13)7-3-4-9(14-2)10(11)8(7)5-12/h3-4H,1-2H3. The summed E-state index contributed by atoms with van der Waals surface area (Å²) >= 11 is 0. The summed E-state index contributed by atoms with van der Waals surface area (Å²) in [6.45, 7) is 1.28. The maximum Gasteiger partial charge on any atom is 0.183 e. The minimum atomic E-state index is -0.789. The molecule has 0 fully saturated rings. The zero-order chi connectivity index (χ0) is 10.7. The Bertz CT molecular complexity index is 421. The summed E-state index contributed by atoms with van der Waals surface area (Å²) in [4.78, 5) is 11.0. The van der Waals surface area contributed by atoms with E-state index in [2.05, 4.69) is 4.74 Å². The van der Waals surface area contributed by atoms with E-state index in [1.54, 1.807) is 6.07 Å². The van der Waals surface area contributed by atoms with Crippen LogP contribution >= 0.6 is 0 Å². The Labute approximate surface area is 80.7 Å². The van der Waals surface area contributed by atoms with Crippen molar-refractivity contribution in [1.29, 1.82) is 5.26 Å². The molecule has 4 heteroatoms. The van der Waals surface area contributed by atoms with Gasteiger partial charge in [-0.3, -0.25) is 4.79 Å². The van der Waals surface area contributed by atoms with Crippen LogP contribution in [0.1, 0.15) is 22.8 Å². The third kappa shape index (κ3) is 1.57. The van der Waals surface area contributed by atoms with Gasteiger partial charge < -0.3 is 4.74 Å². The van der Waals surface area contributed by atoms with Gasteiger partial charge in [0.1, 0.15) is 11.6 Å². The van der Waals surface area contributed by atoms with Gasteiger partial charge in [-0.1, -0.05) is 0 Å². The minimum Gasteiger partial charge on any atom is -0.494 e. The summed E-state index contributed by atoms with van der Waals surface area (Å²) in [5, 5.41) is 8.67. The van der Waals surface area contributed by atoms with Crippen molar-refractivity contribution < 1.29 is 13.9 Å². The Hall–Kier alpha value is -1.89. The summed E-state index contributed by atoms with van der Waals surface area (Å²) in [5.41, 5.74) is -0.192. The first-order valence-corrected chi connectivity index (χ1v) is 3.89. The topological polar surface area (TPSA) is 50.1 Å². The lowest BCUT2D eigenvalue weighted by molar-refractivity contribution is 0.101. The van der Waals surface area contributed by atoms with Crippen molar-refractivity contribution in [2.45, 2.75) is 6.92 Å². The van der Waals surface area contributed by atoms with E-state index >= 15 is 0 Å². The molecule has 3 nitrogen and oxygen atoms in total. The molecule has 0 bridgehead atoms. The van der Waals surface area contributed by atoms with Crippen molar-refractivity contribution in [3.05, 3.63) is 29.1 Å². The predicted octanol–water partition coefficient (Wildman–Crippen LogP) is 1.91. The highest BCUT2D eigenvalue weighted by atomic mass is 19.1. The third-order valence-corrected chi connectivity index (χ3v) is 1.82. The van der Waals surface area contributed by atoms with E-state index in [0.717, 1.165) is 0 Å². The SMILES string of the molecule is COc1ccc(C(C)=O)c(C#N)c1F. The molecule has 0 aliphatic carbocycles. The second kappa shape index (κ2) is 3.88. The van der Waals surface area contributed by atoms with Crippen LogP contribution in [0.5, 0.6) is 5.75 Å². The van der Waals surface area contributed by atoms with Crippen molar-refractivity contribution in [3.63, 3.8) is 0 Å². The van der Waals surface area contributed by atoms with Crippen LogP contribution in [0.4, 0.5) is 4.39 Å². The molecule has 14 heavy (non-hydrogen) atoms. The second-order valence-corrected chi connectivity index (χ2v) is 2.67. The van der Waals surface area contributed by atoms with Gasteiger partial charge in [-0.25, -0.2) is 4.39 Å². The van der Waals surface area contributed by atoms with Gasteiger partial charge in [0.2, 0.25) is 0 Å². The lowest BCUT2D eigenvalue weighted by atomic mass is 10.0. The van der Waals surface area contributed by atoms with Gasteiger partial charge >= 0.3 is 0 Å². The molecule has 1 rings (SSSR count). The quantitative estimate of drug-likeness (QED) is 0.674. The van der Waals surface area contributed by atoms with Crippen molar-refractivity contribution in [2.24, 2.45) is 0 Å². The number of rotatable bonds is 2. The van der Waals surface area contributed by atoms with Crippen LogP contribution < -0.4 is 4.74 Å². The average Bonchev–Trinajstić information content (AvgIpc) is 2.17. The Morgan fingerprint density at radius 3 is 2.64 bits per heavy atom. The molecule has 1 aromatic carbocycles. The molecule has 0 aliphatic heterocycles. The van der Waals surface area contributed by atoms with E-state index in [1.165, 1.54) is 26.2 Å². The molecule has 0 saturated carbocycles. The molecule has 0 N–H and O–H groups in total. The smallest absolute Gasteiger partial charge is 0.183 e. The number of methoxy groups -OCH3 is 1. The first-order chi connectivity index (χ1) is 6.61. The molecule has 0 aliphatic rings. The van der Waals surface area contributed by atoms with E-state index in [9.17, 15) is 9.18 Å². The molecule has 0 atom stereocenters. The number of Topliss-reactive ketones (excluding diaryl/α,β-unsaturated/α-hetero) is 1. The maximum atomic E-state index is 13.4. The first-order valence-electron chi connectivity index (χ1n) is 3.89. The number of hydrogen-bond donors (Lipinski definition) is 0. The highest BCUT2D eigenvalue weighted by Crippen LogP contribution is 2.23. The van der Waals surface area contributed by atoms with Gasteiger partial charge in [0.15, 0.2) is 17.3 Å². The Balaban J connectivity index is 3.45. The van der Waals surface area contributed by atoms with Crippen LogP contribution in [0.2, 0.25) is 0 Å². The molecule has 0 radical (unpaired) electrons. The lowest BCUT2D eigenvalue weighted by Gasteiger charge is -2.05. The van der Waals surface area contributed by atoms with Crippen LogP contribution in [-0.2, 0) is 0 Å². The lowest BCUT2D eigenvalue weighted by Crippen LogP contribution is -2.01. The van der Waals surface area contributed by atoms with Gasteiger partial charge in [0.05, 0.1) is 7.11 Å². The number of halogens is 1. The number of carbonyl (C=O) groups excluding carboxylic acids is 1. The third-order valence-electron chi connectivity index (χ3n) is 1.82. The molecule has 0 aromatic heterocycles. The van der Waals surface area contributed by atoms with Gasteiger partial charge in [0.25, 0.3) is 0 Å². The normalized spacial score (nSPS) is 9.29. The van der Waals surface area contributed by atoms with Crippen LogP contribution in [-0.4, -0.2) is 12.9 Å². The fraction of sp³-hybridized carbons (Fsp3) is 0.200. The summed E-state index contributed by atoms with van der Waals surface area (Å²) in [5.74, 6) is -1.17. The van der Waals surface area contributed by atoms with Crippen molar-refractivity contribution >= 4 is 5.78 Å². The number of nitrogens with zero attached hydrogens (tertiary/aromatic N) is 1. The number of benzene rings is 1. The second-order valence-electron chi connectivity index (χ2n) is 2.67. The summed E-state index contributed by atoms with van der Waals surface area (Å²) in [6, 6.07) is 4.35. The molecule has 0 unspecified atom stereocenters. The summed E-state index contributed by atoms with van der Waals surface area (Å²) in [6.07, 6.45) is 0. The van der Waals surface area contributed by atoms with Crippen LogP contribution in [0.3, 0.4) is 0 Å². The molecule has 72 valence electrons. The number of nitriles is 1. The minimum absolute atomic E-state index is 0.0356. The monoisotopic (exact) mass is 193 g/mol.